The highest BCUT2D eigenvalue weighted by Gasteiger charge is 2.16. The van der Waals surface area contributed by atoms with E-state index in [-0.39, 0.29) is 11.5 Å². The topological polar surface area (TPSA) is 94.3 Å². The van der Waals surface area contributed by atoms with Crippen molar-refractivity contribution in [3.05, 3.63) is 28.8 Å². The highest BCUT2D eigenvalue weighted by Crippen LogP contribution is 2.20. The SMILES string of the molecule is CS(=O)(=O)CCS(=O)(=O)Cc1ccc(Cl)c(N)c1. The summed E-state index contributed by atoms with van der Waals surface area (Å²) >= 11 is 5.72. The first-order valence-corrected chi connectivity index (χ1v) is 9.27. The van der Waals surface area contributed by atoms with E-state index >= 15 is 0 Å². The fraction of sp³-hybridized carbons (Fsp3) is 0.400. The van der Waals surface area contributed by atoms with Crippen LogP contribution in [0.2, 0.25) is 5.02 Å². The van der Waals surface area contributed by atoms with Gasteiger partial charge in [-0.15, -0.1) is 0 Å². The van der Waals surface area contributed by atoms with E-state index in [1.54, 1.807) is 6.07 Å². The molecule has 0 aliphatic rings. The van der Waals surface area contributed by atoms with Crippen LogP contribution in [0.25, 0.3) is 0 Å². The normalized spacial score (nSPS) is 12.6. The van der Waals surface area contributed by atoms with Gasteiger partial charge in [0.2, 0.25) is 0 Å². The molecule has 102 valence electrons. The number of nitrogens with two attached hydrogens (primary N) is 1. The average Bonchev–Trinajstić information content (AvgIpc) is 2.20. The van der Waals surface area contributed by atoms with Crippen molar-refractivity contribution < 1.29 is 16.8 Å². The third-order valence-corrected chi connectivity index (χ3v) is 5.36. The number of sulfone groups is 2. The van der Waals surface area contributed by atoms with Crippen LogP contribution in [0.15, 0.2) is 18.2 Å². The maximum absolute atomic E-state index is 11.7. The lowest BCUT2D eigenvalue weighted by atomic mass is 10.2. The molecule has 0 saturated carbocycles. The Balaban J connectivity index is 2.80. The second-order valence-corrected chi connectivity index (χ2v) is 8.93. The maximum Gasteiger partial charge on any atom is 0.155 e. The number of rotatable bonds is 5. The van der Waals surface area contributed by atoms with Crippen molar-refractivity contribution in [2.45, 2.75) is 5.75 Å². The van der Waals surface area contributed by atoms with Crippen molar-refractivity contribution in [3.8, 4) is 0 Å². The molecule has 18 heavy (non-hydrogen) atoms. The summed E-state index contributed by atoms with van der Waals surface area (Å²) in [5, 5.41) is 0.354. The summed E-state index contributed by atoms with van der Waals surface area (Å²) < 4.78 is 45.3. The Kier molecular flexibility index (Phi) is 4.63. The molecule has 0 spiro atoms. The minimum atomic E-state index is -3.48. The maximum atomic E-state index is 11.7. The van der Waals surface area contributed by atoms with E-state index in [0.717, 1.165) is 6.26 Å². The smallest absolute Gasteiger partial charge is 0.155 e. The van der Waals surface area contributed by atoms with E-state index in [9.17, 15) is 16.8 Å². The molecule has 1 aromatic carbocycles. The Hall–Kier alpha value is -0.790. The van der Waals surface area contributed by atoms with Gasteiger partial charge in [0.15, 0.2) is 9.84 Å². The lowest BCUT2D eigenvalue weighted by Crippen LogP contribution is -2.17. The van der Waals surface area contributed by atoms with Gasteiger partial charge >= 0.3 is 0 Å². The lowest BCUT2D eigenvalue weighted by molar-refractivity contribution is 0.589. The number of hydrogen-bond acceptors (Lipinski definition) is 5. The van der Waals surface area contributed by atoms with Gasteiger partial charge in [0.25, 0.3) is 0 Å². The predicted molar refractivity (Wildman–Crippen MR) is 73.1 cm³/mol. The fourth-order valence-electron chi connectivity index (χ4n) is 1.29. The first-order chi connectivity index (χ1) is 8.09. The van der Waals surface area contributed by atoms with Crippen LogP contribution in [0, 0.1) is 0 Å². The van der Waals surface area contributed by atoms with Crippen LogP contribution in [0.1, 0.15) is 5.56 Å². The van der Waals surface area contributed by atoms with Crippen molar-refractivity contribution in [3.63, 3.8) is 0 Å². The Labute approximate surface area is 112 Å². The molecule has 0 heterocycles. The molecule has 0 atom stereocenters. The minimum absolute atomic E-state index is 0.246. The van der Waals surface area contributed by atoms with Gasteiger partial charge in [-0.1, -0.05) is 17.7 Å². The summed E-state index contributed by atoms with van der Waals surface area (Å²) in [6, 6.07) is 4.54. The van der Waals surface area contributed by atoms with Crippen LogP contribution in [-0.4, -0.2) is 34.6 Å². The van der Waals surface area contributed by atoms with Crippen molar-refractivity contribution >= 4 is 37.0 Å². The van der Waals surface area contributed by atoms with Gasteiger partial charge in [0.1, 0.15) is 9.84 Å². The molecule has 0 bridgehead atoms. The minimum Gasteiger partial charge on any atom is -0.398 e. The van der Waals surface area contributed by atoms with Crippen LogP contribution in [0.4, 0.5) is 5.69 Å². The number of hydrogen-bond donors (Lipinski definition) is 1. The number of anilines is 1. The van der Waals surface area contributed by atoms with E-state index < -0.39 is 25.4 Å². The first-order valence-electron chi connectivity index (χ1n) is 5.01. The Morgan fingerprint density at radius 1 is 1.17 bits per heavy atom. The van der Waals surface area contributed by atoms with Crippen LogP contribution < -0.4 is 5.73 Å². The van der Waals surface area contributed by atoms with E-state index in [4.69, 9.17) is 17.3 Å². The van der Waals surface area contributed by atoms with Gasteiger partial charge in [-0.3, -0.25) is 0 Å². The van der Waals surface area contributed by atoms with Crippen LogP contribution in [0.3, 0.4) is 0 Å². The number of nitrogen functional groups attached to an aromatic ring is 1. The molecule has 1 rings (SSSR count). The van der Waals surface area contributed by atoms with Crippen LogP contribution in [-0.2, 0) is 25.4 Å². The zero-order valence-electron chi connectivity index (χ0n) is 9.76. The van der Waals surface area contributed by atoms with E-state index in [2.05, 4.69) is 0 Å². The molecular weight excluding hydrogens is 298 g/mol. The second kappa shape index (κ2) is 5.46. The second-order valence-electron chi connectivity index (χ2n) is 4.08. The molecular formula is C10H14ClNO4S2. The van der Waals surface area contributed by atoms with Gasteiger partial charge in [-0.05, 0) is 17.7 Å². The fourth-order valence-corrected chi connectivity index (χ4v) is 4.46. The lowest BCUT2D eigenvalue weighted by Gasteiger charge is -2.05. The van der Waals surface area contributed by atoms with Gasteiger partial charge in [0.05, 0.1) is 28.0 Å². The molecule has 0 aliphatic heterocycles. The standard InChI is InChI=1S/C10H14ClNO4S2/c1-17(13,14)4-5-18(15,16)7-8-2-3-9(11)10(12)6-8/h2-3,6H,4-5,7,12H2,1H3. The largest absolute Gasteiger partial charge is 0.398 e. The molecule has 0 aliphatic carbocycles. The van der Waals surface area contributed by atoms with Gasteiger partial charge in [-0.25, -0.2) is 16.8 Å². The molecule has 2 N–H and O–H groups in total. The molecule has 1 aromatic rings. The zero-order chi connectivity index (χ0) is 14.0. The summed E-state index contributed by atoms with van der Waals surface area (Å²) in [7, 11) is -6.76. The number of halogens is 1. The van der Waals surface area contributed by atoms with Crippen LogP contribution in [0.5, 0.6) is 0 Å². The Morgan fingerprint density at radius 3 is 2.28 bits per heavy atom. The highest BCUT2D eigenvalue weighted by atomic mass is 35.5. The van der Waals surface area contributed by atoms with Crippen molar-refractivity contribution in [1.29, 1.82) is 0 Å². The highest BCUT2D eigenvalue weighted by molar-refractivity contribution is 7.94. The summed E-state index contributed by atoms with van der Waals surface area (Å²) in [4.78, 5) is 0. The molecule has 0 aromatic heterocycles. The molecule has 0 radical (unpaired) electrons. The molecule has 5 nitrogen and oxygen atoms in total. The molecule has 8 heteroatoms. The van der Waals surface area contributed by atoms with E-state index in [1.165, 1.54) is 12.1 Å². The summed E-state index contributed by atoms with van der Waals surface area (Å²) in [6.45, 7) is 0. The summed E-state index contributed by atoms with van der Waals surface area (Å²) in [6.07, 6.45) is 1.00. The van der Waals surface area contributed by atoms with E-state index in [1.807, 2.05) is 0 Å². The monoisotopic (exact) mass is 311 g/mol. The molecule has 0 amide bonds. The average molecular weight is 312 g/mol. The quantitative estimate of drug-likeness (QED) is 0.815. The predicted octanol–water partition coefficient (Wildman–Crippen LogP) is 0.882. The molecule has 0 saturated heterocycles. The van der Waals surface area contributed by atoms with Crippen molar-refractivity contribution in [2.24, 2.45) is 0 Å². The van der Waals surface area contributed by atoms with Crippen molar-refractivity contribution in [1.82, 2.24) is 0 Å². The van der Waals surface area contributed by atoms with Gasteiger partial charge < -0.3 is 5.73 Å². The van der Waals surface area contributed by atoms with Gasteiger partial charge in [0, 0.05) is 6.26 Å². The molecule has 0 unspecified atom stereocenters. The summed E-state index contributed by atoms with van der Waals surface area (Å²) in [5.41, 5.74) is 6.35. The van der Waals surface area contributed by atoms with Crippen molar-refractivity contribution in [2.75, 3.05) is 23.5 Å². The molecule has 0 fully saturated rings. The Morgan fingerprint density at radius 2 is 1.78 bits per heavy atom. The van der Waals surface area contributed by atoms with Gasteiger partial charge in [-0.2, -0.15) is 0 Å². The zero-order valence-corrected chi connectivity index (χ0v) is 12.1. The first kappa shape index (κ1) is 15.3. The third kappa shape index (κ3) is 5.24. The Bertz CT molecular complexity index is 638. The van der Waals surface area contributed by atoms with E-state index in [0.29, 0.717) is 16.3 Å². The third-order valence-electron chi connectivity index (χ3n) is 2.21. The number of benzene rings is 1. The summed E-state index contributed by atoms with van der Waals surface area (Å²) in [5.74, 6) is -1.02. The van der Waals surface area contributed by atoms with Crippen LogP contribution >= 0.6 is 11.6 Å².